The van der Waals surface area contributed by atoms with Gasteiger partial charge in [-0.2, -0.15) is 0 Å². The number of likely N-dealkylation sites (tertiary alicyclic amines) is 1. The Hall–Kier alpha value is -2.77. The second-order valence-corrected chi connectivity index (χ2v) is 8.22. The zero-order valence-electron chi connectivity index (χ0n) is 18.1. The molecule has 164 valence electrons. The number of methoxy groups -OCH3 is 1. The van der Waals surface area contributed by atoms with Gasteiger partial charge in [0.15, 0.2) is 0 Å². The molecule has 4 rings (SSSR count). The molecular formula is C24H29FN4O2. The smallest absolute Gasteiger partial charge is 0.248 e. The third kappa shape index (κ3) is 5.11. The third-order valence-corrected chi connectivity index (χ3v) is 6.13. The van der Waals surface area contributed by atoms with Crippen molar-refractivity contribution in [1.82, 2.24) is 20.2 Å². The maximum Gasteiger partial charge on any atom is 0.248 e. The number of benzene rings is 1. The Kier molecular flexibility index (Phi) is 6.63. The van der Waals surface area contributed by atoms with E-state index in [0.717, 1.165) is 61.1 Å². The minimum Gasteiger partial charge on any atom is -0.495 e. The van der Waals surface area contributed by atoms with Gasteiger partial charge >= 0.3 is 0 Å². The first-order chi connectivity index (χ1) is 15.0. The molecule has 1 saturated heterocycles. The van der Waals surface area contributed by atoms with Crippen LogP contribution in [-0.4, -0.2) is 47.7 Å². The molecule has 0 amide bonds. The lowest BCUT2D eigenvalue weighted by molar-refractivity contribution is 0.199. The highest BCUT2D eigenvalue weighted by Gasteiger charge is 2.20. The number of ether oxygens (including phenoxy) is 1. The van der Waals surface area contributed by atoms with Gasteiger partial charge in [-0.25, -0.2) is 4.39 Å². The molecule has 6 nitrogen and oxygen atoms in total. The number of aromatic nitrogens is 2. The SMILES string of the molecule is COc1cnc2ccc(=O)[nH]c2c1CCN1CCC(NCc2ccc(C)c(F)c2)CC1. The summed E-state index contributed by atoms with van der Waals surface area (Å²) >= 11 is 0. The van der Waals surface area contributed by atoms with Crippen LogP contribution in [0.25, 0.3) is 11.0 Å². The minimum atomic E-state index is -0.144. The summed E-state index contributed by atoms with van der Waals surface area (Å²) in [5.41, 5.74) is 4.05. The molecule has 31 heavy (non-hydrogen) atoms. The Labute approximate surface area is 181 Å². The lowest BCUT2D eigenvalue weighted by Crippen LogP contribution is -2.42. The number of pyridine rings is 2. The second kappa shape index (κ2) is 9.58. The van der Waals surface area contributed by atoms with Crippen molar-refractivity contribution in [2.75, 3.05) is 26.7 Å². The molecule has 7 heteroatoms. The summed E-state index contributed by atoms with van der Waals surface area (Å²) in [5, 5.41) is 3.57. The molecule has 2 aromatic heterocycles. The molecule has 1 aliphatic heterocycles. The number of hydrogen-bond acceptors (Lipinski definition) is 5. The number of aromatic amines is 1. The fraction of sp³-hybridized carbons (Fsp3) is 0.417. The first-order valence-electron chi connectivity index (χ1n) is 10.8. The van der Waals surface area contributed by atoms with Crippen LogP contribution in [-0.2, 0) is 13.0 Å². The van der Waals surface area contributed by atoms with Gasteiger partial charge in [-0.15, -0.1) is 0 Å². The largest absolute Gasteiger partial charge is 0.495 e. The van der Waals surface area contributed by atoms with Crippen LogP contribution in [0.15, 0.2) is 41.3 Å². The monoisotopic (exact) mass is 424 g/mol. The molecule has 2 N–H and O–H groups in total. The zero-order valence-corrected chi connectivity index (χ0v) is 18.1. The van der Waals surface area contributed by atoms with Gasteiger partial charge in [0.25, 0.3) is 0 Å². The van der Waals surface area contributed by atoms with Crippen molar-refractivity contribution in [2.24, 2.45) is 0 Å². The predicted octanol–water partition coefficient (Wildman–Crippen LogP) is 3.18. The number of hydrogen-bond donors (Lipinski definition) is 2. The lowest BCUT2D eigenvalue weighted by Gasteiger charge is -2.32. The van der Waals surface area contributed by atoms with Crippen molar-refractivity contribution >= 4 is 11.0 Å². The van der Waals surface area contributed by atoms with E-state index in [1.54, 1.807) is 32.4 Å². The van der Waals surface area contributed by atoms with Crippen molar-refractivity contribution in [1.29, 1.82) is 0 Å². The molecule has 0 saturated carbocycles. The molecule has 0 radical (unpaired) electrons. The summed E-state index contributed by atoms with van der Waals surface area (Å²) in [6.45, 7) is 5.37. The molecule has 3 heterocycles. The van der Waals surface area contributed by atoms with Crippen LogP contribution in [0.3, 0.4) is 0 Å². The van der Waals surface area contributed by atoms with Crippen LogP contribution in [0.4, 0.5) is 4.39 Å². The minimum absolute atomic E-state index is 0.135. The zero-order chi connectivity index (χ0) is 21.8. The van der Waals surface area contributed by atoms with Gasteiger partial charge in [-0.3, -0.25) is 9.78 Å². The van der Waals surface area contributed by atoms with Crippen LogP contribution in [0.2, 0.25) is 0 Å². The average molecular weight is 425 g/mol. The summed E-state index contributed by atoms with van der Waals surface area (Å²) in [6.07, 6.45) is 4.61. The molecule has 1 aromatic carbocycles. The van der Waals surface area contributed by atoms with E-state index in [9.17, 15) is 9.18 Å². The number of aryl methyl sites for hydroxylation is 1. The van der Waals surface area contributed by atoms with Gasteiger partial charge in [-0.1, -0.05) is 12.1 Å². The highest BCUT2D eigenvalue weighted by atomic mass is 19.1. The quantitative estimate of drug-likeness (QED) is 0.610. The topological polar surface area (TPSA) is 70.2 Å². The van der Waals surface area contributed by atoms with E-state index in [1.807, 2.05) is 12.1 Å². The van der Waals surface area contributed by atoms with E-state index in [0.29, 0.717) is 23.9 Å². The third-order valence-electron chi connectivity index (χ3n) is 6.13. The van der Waals surface area contributed by atoms with E-state index < -0.39 is 0 Å². The molecule has 1 fully saturated rings. The second-order valence-electron chi connectivity index (χ2n) is 8.22. The fourth-order valence-electron chi connectivity index (χ4n) is 4.20. The normalized spacial score (nSPS) is 15.5. The highest BCUT2D eigenvalue weighted by molar-refractivity contribution is 5.79. The maximum absolute atomic E-state index is 13.7. The summed E-state index contributed by atoms with van der Waals surface area (Å²) in [7, 11) is 1.63. The molecule has 0 bridgehead atoms. The van der Waals surface area contributed by atoms with Crippen molar-refractivity contribution in [3.63, 3.8) is 0 Å². The summed E-state index contributed by atoms with van der Waals surface area (Å²) in [5.74, 6) is 0.561. The number of nitrogens with one attached hydrogen (secondary N) is 2. The van der Waals surface area contributed by atoms with Crippen LogP contribution < -0.4 is 15.6 Å². The Bertz CT molecular complexity index is 1110. The van der Waals surface area contributed by atoms with Crippen molar-refractivity contribution in [2.45, 2.75) is 38.8 Å². The van der Waals surface area contributed by atoms with Crippen LogP contribution in [0.5, 0.6) is 5.75 Å². The number of rotatable bonds is 7. The van der Waals surface area contributed by atoms with Gasteiger partial charge in [-0.05, 0) is 62.5 Å². The molecule has 0 spiro atoms. The fourth-order valence-corrected chi connectivity index (χ4v) is 4.20. The summed E-state index contributed by atoms with van der Waals surface area (Å²) in [6, 6.07) is 9.11. The van der Waals surface area contributed by atoms with E-state index in [-0.39, 0.29) is 11.4 Å². The Morgan fingerprint density at radius 1 is 1.26 bits per heavy atom. The standard InChI is InChI=1S/C24H29FN4O2/c1-16-3-4-17(13-20(16)25)14-26-18-7-10-29(11-8-18)12-9-19-22(31-2)15-27-21-5-6-23(30)28-24(19)21/h3-6,13,15,18,26H,7-12,14H2,1-2H3,(H,28,30). The van der Waals surface area contributed by atoms with E-state index >= 15 is 0 Å². The van der Waals surface area contributed by atoms with Gasteiger partial charge in [0.2, 0.25) is 5.56 Å². The van der Waals surface area contributed by atoms with Crippen LogP contribution in [0, 0.1) is 12.7 Å². The lowest BCUT2D eigenvalue weighted by atomic mass is 10.0. The van der Waals surface area contributed by atoms with Gasteiger partial charge in [0.1, 0.15) is 11.6 Å². The van der Waals surface area contributed by atoms with Crippen molar-refractivity contribution < 1.29 is 9.13 Å². The molecule has 0 atom stereocenters. The number of fused-ring (bicyclic) bond motifs is 1. The molecule has 3 aromatic rings. The van der Waals surface area contributed by atoms with Crippen LogP contribution in [0.1, 0.15) is 29.5 Å². The Balaban J connectivity index is 1.32. The van der Waals surface area contributed by atoms with E-state index in [1.165, 1.54) is 6.07 Å². The molecule has 0 aliphatic carbocycles. The Morgan fingerprint density at radius 3 is 2.81 bits per heavy atom. The first-order valence-corrected chi connectivity index (χ1v) is 10.8. The first kappa shape index (κ1) is 21.5. The number of H-pyrrole nitrogens is 1. The summed E-state index contributed by atoms with van der Waals surface area (Å²) < 4.78 is 19.2. The average Bonchev–Trinajstić information content (AvgIpc) is 2.78. The highest BCUT2D eigenvalue weighted by Crippen LogP contribution is 2.25. The van der Waals surface area contributed by atoms with Crippen molar-refractivity contribution in [3.8, 4) is 5.75 Å². The summed E-state index contributed by atoms with van der Waals surface area (Å²) in [4.78, 5) is 21.5. The number of halogens is 1. The molecule has 0 unspecified atom stereocenters. The van der Waals surface area contributed by atoms with Gasteiger partial charge in [0, 0.05) is 30.8 Å². The van der Waals surface area contributed by atoms with Crippen LogP contribution >= 0.6 is 0 Å². The maximum atomic E-state index is 13.7. The van der Waals surface area contributed by atoms with Gasteiger partial charge in [0.05, 0.1) is 24.3 Å². The number of piperidine rings is 1. The predicted molar refractivity (Wildman–Crippen MR) is 120 cm³/mol. The van der Waals surface area contributed by atoms with Gasteiger partial charge < -0.3 is 19.9 Å². The van der Waals surface area contributed by atoms with Crippen molar-refractivity contribution in [3.05, 3.63) is 69.4 Å². The van der Waals surface area contributed by atoms with E-state index in [2.05, 4.69) is 20.2 Å². The molecule has 1 aliphatic rings. The van der Waals surface area contributed by atoms with E-state index in [4.69, 9.17) is 4.74 Å². The molecular weight excluding hydrogens is 395 g/mol. The Morgan fingerprint density at radius 2 is 2.06 bits per heavy atom. The number of nitrogens with zero attached hydrogens (tertiary/aromatic N) is 2.